The van der Waals surface area contributed by atoms with Crippen LogP contribution < -0.4 is 5.32 Å². The van der Waals surface area contributed by atoms with Crippen molar-refractivity contribution in [3.63, 3.8) is 0 Å². The maximum Gasteiger partial charge on any atom is 0.107 e. The molecule has 3 N–H and O–H groups in total. The Kier molecular flexibility index (Phi) is 4.22. The second-order valence-corrected chi connectivity index (χ2v) is 5.54. The van der Waals surface area contributed by atoms with Crippen molar-refractivity contribution in [2.45, 2.75) is 26.3 Å². The van der Waals surface area contributed by atoms with Crippen molar-refractivity contribution in [2.75, 3.05) is 6.54 Å². The summed E-state index contributed by atoms with van der Waals surface area (Å²) in [5, 5.41) is 4.13. The van der Waals surface area contributed by atoms with Gasteiger partial charge < -0.3 is 15.3 Å². The number of hydrogen-bond acceptors (Lipinski definition) is 3. The summed E-state index contributed by atoms with van der Waals surface area (Å²) in [7, 11) is 0. The summed E-state index contributed by atoms with van der Waals surface area (Å²) in [6.45, 7) is 3.76. The van der Waals surface area contributed by atoms with E-state index in [2.05, 4.69) is 25.3 Å². The van der Waals surface area contributed by atoms with Gasteiger partial charge in [-0.3, -0.25) is 0 Å². The van der Waals surface area contributed by atoms with E-state index < -0.39 is 0 Å². The van der Waals surface area contributed by atoms with Crippen molar-refractivity contribution in [2.24, 2.45) is 0 Å². The molecule has 0 aliphatic heterocycles. The first-order chi connectivity index (χ1) is 10.2. The van der Waals surface area contributed by atoms with Crippen LogP contribution in [0, 0.1) is 6.92 Å². The van der Waals surface area contributed by atoms with E-state index >= 15 is 0 Å². The minimum Gasteiger partial charge on any atom is -0.348 e. The summed E-state index contributed by atoms with van der Waals surface area (Å²) < 4.78 is 0. The van der Waals surface area contributed by atoms with Crippen LogP contribution in [-0.2, 0) is 13.0 Å². The molecule has 3 aromatic rings. The minimum atomic E-state index is 0.730. The predicted octanol–water partition coefficient (Wildman–Crippen LogP) is 2.97. The molecule has 0 atom stereocenters. The summed E-state index contributed by atoms with van der Waals surface area (Å²) >= 11 is 5.97. The Hall–Kier alpha value is -1.85. The summed E-state index contributed by atoms with van der Waals surface area (Å²) in [5.41, 5.74) is 4.16. The Morgan fingerprint density at radius 2 is 2.24 bits per heavy atom. The lowest BCUT2D eigenvalue weighted by molar-refractivity contribution is 0.633. The van der Waals surface area contributed by atoms with Crippen LogP contribution in [0.3, 0.4) is 0 Å². The van der Waals surface area contributed by atoms with Crippen molar-refractivity contribution < 1.29 is 0 Å². The summed E-state index contributed by atoms with van der Waals surface area (Å²) in [6.07, 6.45) is 3.67. The fraction of sp³-hybridized carbons (Fsp3) is 0.333. The fourth-order valence-electron chi connectivity index (χ4n) is 2.31. The molecule has 6 heteroatoms. The molecule has 0 amide bonds. The molecular formula is C15H18ClN5. The number of nitrogens with one attached hydrogen (secondary N) is 3. The highest BCUT2D eigenvalue weighted by atomic mass is 35.5. The van der Waals surface area contributed by atoms with Gasteiger partial charge in [0.1, 0.15) is 5.82 Å². The highest BCUT2D eigenvalue weighted by Gasteiger charge is 2.04. The van der Waals surface area contributed by atoms with E-state index in [0.29, 0.717) is 0 Å². The Bertz CT molecular complexity index is 731. The van der Waals surface area contributed by atoms with E-state index in [-0.39, 0.29) is 0 Å². The van der Waals surface area contributed by atoms with Crippen molar-refractivity contribution in [1.82, 2.24) is 25.3 Å². The number of imidazole rings is 2. The molecule has 0 saturated heterocycles. The van der Waals surface area contributed by atoms with E-state index in [1.165, 1.54) is 0 Å². The van der Waals surface area contributed by atoms with Gasteiger partial charge in [0.15, 0.2) is 0 Å². The summed E-state index contributed by atoms with van der Waals surface area (Å²) in [4.78, 5) is 15.2. The second kappa shape index (κ2) is 6.28. The van der Waals surface area contributed by atoms with Crippen LogP contribution in [0.1, 0.15) is 23.6 Å². The minimum absolute atomic E-state index is 0.730. The number of aromatic amines is 2. The highest BCUT2D eigenvalue weighted by molar-refractivity contribution is 6.31. The lowest BCUT2D eigenvalue weighted by Gasteiger charge is -2.02. The van der Waals surface area contributed by atoms with E-state index in [1.807, 2.05) is 25.1 Å². The molecule has 0 aliphatic carbocycles. The van der Waals surface area contributed by atoms with Crippen molar-refractivity contribution in [3.8, 4) is 0 Å². The van der Waals surface area contributed by atoms with Gasteiger partial charge in [-0.2, -0.15) is 0 Å². The molecule has 0 radical (unpaired) electrons. The van der Waals surface area contributed by atoms with Crippen LogP contribution in [0.2, 0.25) is 5.02 Å². The molecule has 110 valence electrons. The number of fused-ring (bicyclic) bond motifs is 1. The average molecular weight is 304 g/mol. The fourth-order valence-corrected chi connectivity index (χ4v) is 2.48. The topological polar surface area (TPSA) is 69.4 Å². The highest BCUT2D eigenvalue weighted by Crippen LogP contribution is 2.17. The lowest BCUT2D eigenvalue weighted by atomic mass is 10.3. The molecule has 2 heterocycles. The zero-order valence-corrected chi connectivity index (χ0v) is 12.7. The standard InChI is InChI=1S/C15H18ClN5/c1-10-14(19-9-18-10)8-17-6-2-3-15-20-12-5-4-11(16)7-13(12)21-15/h4-5,7,9,17H,2-3,6,8H2,1H3,(H,18,19)(H,20,21). The zero-order valence-electron chi connectivity index (χ0n) is 11.9. The number of halogens is 1. The third-order valence-electron chi connectivity index (χ3n) is 3.49. The first-order valence-electron chi connectivity index (χ1n) is 7.06. The Balaban J connectivity index is 1.47. The van der Waals surface area contributed by atoms with Crippen molar-refractivity contribution >= 4 is 22.6 Å². The molecule has 21 heavy (non-hydrogen) atoms. The third kappa shape index (κ3) is 3.43. The molecule has 2 aromatic heterocycles. The normalized spacial score (nSPS) is 11.3. The van der Waals surface area contributed by atoms with Crippen molar-refractivity contribution in [3.05, 3.63) is 46.8 Å². The number of hydrogen-bond donors (Lipinski definition) is 3. The van der Waals surface area contributed by atoms with Gasteiger partial charge in [0, 0.05) is 23.7 Å². The number of H-pyrrole nitrogens is 2. The van der Waals surface area contributed by atoms with Gasteiger partial charge in [0.05, 0.1) is 23.1 Å². The van der Waals surface area contributed by atoms with Crippen LogP contribution in [-0.4, -0.2) is 26.5 Å². The van der Waals surface area contributed by atoms with Crippen LogP contribution in [0.4, 0.5) is 0 Å². The molecule has 0 fully saturated rings. The Labute approximate surface area is 128 Å². The largest absolute Gasteiger partial charge is 0.348 e. The van der Waals surface area contributed by atoms with Crippen LogP contribution >= 0.6 is 11.6 Å². The van der Waals surface area contributed by atoms with Crippen LogP contribution in [0.25, 0.3) is 11.0 Å². The van der Waals surface area contributed by atoms with Gasteiger partial charge in [-0.05, 0) is 38.1 Å². The quantitative estimate of drug-likeness (QED) is 0.613. The van der Waals surface area contributed by atoms with Gasteiger partial charge in [0.2, 0.25) is 0 Å². The molecule has 0 spiro atoms. The molecule has 0 unspecified atom stereocenters. The Morgan fingerprint density at radius 1 is 1.33 bits per heavy atom. The molecule has 5 nitrogen and oxygen atoms in total. The number of nitrogens with zero attached hydrogens (tertiary/aromatic N) is 2. The van der Waals surface area contributed by atoms with E-state index in [0.717, 1.165) is 59.2 Å². The number of benzene rings is 1. The first-order valence-corrected chi connectivity index (χ1v) is 7.44. The molecule has 1 aromatic carbocycles. The predicted molar refractivity (Wildman–Crippen MR) is 84.5 cm³/mol. The van der Waals surface area contributed by atoms with E-state index in [9.17, 15) is 0 Å². The van der Waals surface area contributed by atoms with Gasteiger partial charge in [-0.1, -0.05) is 11.6 Å². The van der Waals surface area contributed by atoms with Crippen LogP contribution in [0.5, 0.6) is 0 Å². The maximum atomic E-state index is 5.97. The lowest BCUT2D eigenvalue weighted by Crippen LogP contribution is -2.16. The molecular weight excluding hydrogens is 286 g/mol. The molecule has 3 rings (SSSR count). The molecule has 0 saturated carbocycles. The number of aromatic nitrogens is 4. The van der Waals surface area contributed by atoms with E-state index in [1.54, 1.807) is 6.33 Å². The van der Waals surface area contributed by atoms with Crippen LogP contribution in [0.15, 0.2) is 24.5 Å². The zero-order chi connectivity index (χ0) is 14.7. The molecule has 0 bridgehead atoms. The average Bonchev–Trinajstić information content (AvgIpc) is 3.04. The van der Waals surface area contributed by atoms with Gasteiger partial charge in [-0.15, -0.1) is 0 Å². The van der Waals surface area contributed by atoms with Gasteiger partial charge >= 0.3 is 0 Å². The smallest absolute Gasteiger partial charge is 0.107 e. The molecule has 0 aliphatic rings. The van der Waals surface area contributed by atoms with Crippen molar-refractivity contribution in [1.29, 1.82) is 0 Å². The third-order valence-corrected chi connectivity index (χ3v) is 3.72. The Morgan fingerprint density at radius 3 is 3.05 bits per heavy atom. The number of rotatable bonds is 6. The monoisotopic (exact) mass is 303 g/mol. The summed E-state index contributed by atoms with van der Waals surface area (Å²) in [6, 6.07) is 5.71. The first kappa shape index (κ1) is 14.1. The van der Waals surface area contributed by atoms with E-state index in [4.69, 9.17) is 11.6 Å². The SMILES string of the molecule is Cc1[nH]cnc1CNCCCc1nc2ccc(Cl)cc2[nH]1. The maximum absolute atomic E-state index is 5.97. The summed E-state index contributed by atoms with van der Waals surface area (Å²) in [5.74, 6) is 1.00. The second-order valence-electron chi connectivity index (χ2n) is 5.10. The van der Waals surface area contributed by atoms with Gasteiger partial charge in [0.25, 0.3) is 0 Å². The number of aryl methyl sites for hydroxylation is 2. The van der Waals surface area contributed by atoms with Gasteiger partial charge in [-0.25, -0.2) is 9.97 Å².